The molecule has 0 rings (SSSR count). The largest absolute Gasteiger partial charge is 1.00 e. The zero-order chi connectivity index (χ0) is 3.58. The number of hydrogen-bond donors (Lipinski definition) is 0. The van der Waals surface area contributed by atoms with Gasteiger partial charge in [0.1, 0.15) is 0 Å². The Kier molecular flexibility index (Phi) is 8.82. The van der Waals surface area contributed by atoms with Crippen LogP contribution >= 0.6 is 0 Å². The SMILES string of the molecule is C[Si](C)[O-].[Li+]. The van der Waals surface area contributed by atoms with Crippen LogP contribution in [0, 0.1) is 0 Å². The van der Waals surface area contributed by atoms with Crippen molar-refractivity contribution in [2.24, 2.45) is 0 Å². The van der Waals surface area contributed by atoms with Gasteiger partial charge in [0.15, 0.2) is 0 Å². The van der Waals surface area contributed by atoms with Gasteiger partial charge < -0.3 is 4.80 Å². The molecule has 3 heteroatoms. The molecule has 0 aliphatic carbocycles. The quantitative estimate of drug-likeness (QED) is 0.279. The monoisotopic (exact) mass is 81.0 g/mol. The minimum atomic E-state index is -1.13. The Morgan fingerprint density at radius 2 is 1.40 bits per heavy atom. The Labute approximate surface area is 46.3 Å². The molecule has 0 aromatic rings. The van der Waals surface area contributed by atoms with Crippen LogP contribution in [0.15, 0.2) is 0 Å². The fraction of sp³-hybridized carbons (Fsp3) is 1.00. The second-order valence-electron chi connectivity index (χ2n) is 0.908. The van der Waals surface area contributed by atoms with Crippen LogP contribution in [-0.4, -0.2) is 9.04 Å². The molecule has 0 saturated carbocycles. The molecular weight excluding hydrogens is 75.0 g/mol. The molecule has 0 unspecified atom stereocenters. The van der Waals surface area contributed by atoms with Crippen LogP contribution in [0.1, 0.15) is 0 Å². The van der Waals surface area contributed by atoms with Gasteiger partial charge in [-0.3, -0.25) is 0 Å². The van der Waals surface area contributed by atoms with E-state index in [-0.39, 0.29) is 18.9 Å². The van der Waals surface area contributed by atoms with E-state index in [0.717, 1.165) is 0 Å². The van der Waals surface area contributed by atoms with E-state index in [9.17, 15) is 4.80 Å². The third kappa shape index (κ3) is 61.3. The molecule has 0 atom stereocenters. The van der Waals surface area contributed by atoms with E-state index in [1.54, 1.807) is 13.1 Å². The summed E-state index contributed by atoms with van der Waals surface area (Å²) in [5.74, 6) is 0. The first kappa shape index (κ1) is 9.24. The van der Waals surface area contributed by atoms with Crippen molar-refractivity contribution in [2.45, 2.75) is 13.1 Å². The normalized spacial score (nSPS) is 7.20. The van der Waals surface area contributed by atoms with Gasteiger partial charge in [-0.1, -0.05) is 22.1 Å². The maximum Gasteiger partial charge on any atom is 1.00 e. The minimum Gasteiger partial charge on any atom is -0.861 e. The third-order valence-electron chi connectivity index (χ3n) is 0. The van der Waals surface area contributed by atoms with Crippen molar-refractivity contribution in [3.63, 3.8) is 0 Å². The van der Waals surface area contributed by atoms with Gasteiger partial charge in [0.2, 0.25) is 0 Å². The Bertz CT molecular complexity index is 14.4. The van der Waals surface area contributed by atoms with E-state index in [4.69, 9.17) is 0 Å². The van der Waals surface area contributed by atoms with Crippen LogP contribution in [0.2, 0.25) is 13.1 Å². The Balaban J connectivity index is 0. The van der Waals surface area contributed by atoms with Crippen molar-refractivity contribution in [2.75, 3.05) is 0 Å². The van der Waals surface area contributed by atoms with Crippen LogP contribution in [0.5, 0.6) is 0 Å². The van der Waals surface area contributed by atoms with E-state index >= 15 is 0 Å². The van der Waals surface area contributed by atoms with Crippen molar-refractivity contribution in [3.8, 4) is 0 Å². The molecule has 1 radical (unpaired) electrons. The molecule has 0 fully saturated rings. The first-order chi connectivity index (χ1) is 1.73. The minimum absolute atomic E-state index is 0. The molecule has 1 nitrogen and oxygen atoms in total. The van der Waals surface area contributed by atoms with Gasteiger partial charge in [0, 0.05) is 0 Å². The fourth-order valence-corrected chi connectivity index (χ4v) is 0. The molecule has 0 N–H and O–H groups in total. The summed E-state index contributed by atoms with van der Waals surface area (Å²) in [6.07, 6.45) is 0. The molecule has 5 heavy (non-hydrogen) atoms. The van der Waals surface area contributed by atoms with Crippen LogP contribution in [0.4, 0.5) is 0 Å². The van der Waals surface area contributed by atoms with Gasteiger partial charge in [0.25, 0.3) is 0 Å². The van der Waals surface area contributed by atoms with E-state index in [1.165, 1.54) is 0 Å². The molecule has 0 aliphatic heterocycles. The van der Waals surface area contributed by atoms with E-state index in [0.29, 0.717) is 0 Å². The summed E-state index contributed by atoms with van der Waals surface area (Å²) in [5.41, 5.74) is 0. The molecule has 0 aromatic carbocycles. The predicted octanol–water partition coefficient (Wildman–Crippen LogP) is -3.40. The zero-order valence-electron chi connectivity index (χ0n) is 3.91. The molecule has 0 bridgehead atoms. The van der Waals surface area contributed by atoms with Crippen LogP contribution in [-0.2, 0) is 0 Å². The van der Waals surface area contributed by atoms with Crippen molar-refractivity contribution in [1.82, 2.24) is 0 Å². The van der Waals surface area contributed by atoms with E-state index < -0.39 is 9.04 Å². The molecule has 0 saturated heterocycles. The smallest absolute Gasteiger partial charge is 0.861 e. The van der Waals surface area contributed by atoms with Gasteiger partial charge in [-0.2, -0.15) is 0 Å². The van der Waals surface area contributed by atoms with Gasteiger partial charge in [-0.25, -0.2) is 0 Å². The summed E-state index contributed by atoms with van der Waals surface area (Å²) in [7, 11) is -1.13. The molecule has 0 aliphatic rings. The Morgan fingerprint density at radius 1 is 1.40 bits per heavy atom. The van der Waals surface area contributed by atoms with Gasteiger partial charge in [-0.15, -0.1) is 0 Å². The van der Waals surface area contributed by atoms with E-state index in [2.05, 4.69) is 0 Å². The topological polar surface area (TPSA) is 23.1 Å². The molecular formula is C2H6LiOSi. The first-order valence-electron chi connectivity index (χ1n) is 1.20. The molecule has 0 heterocycles. The van der Waals surface area contributed by atoms with Gasteiger partial charge >= 0.3 is 18.9 Å². The van der Waals surface area contributed by atoms with Crippen molar-refractivity contribution in [3.05, 3.63) is 0 Å². The standard InChI is InChI=1S/C2H6OSi.Li/c1-4(2)3;/h1-2H3;/q-1;+1. The fourth-order valence-electron chi connectivity index (χ4n) is 0. The average molecular weight is 81.1 g/mol. The third-order valence-corrected chi connectivity index (χ3v) is 0. The van der Waals surface area contributed by atoms with Crippen molar-refractivity contribution < 1.29 is 23.7 Å². The van der Waals surface area contributed by atoms with Crippen LogP contribution in [0.3, 0.4) is 0 Å². The van der Waals surface area contributed by atoms with Gasteiger partial charge in [0.05, 0.1) is 0 Å². The predicted molar refractivity (Wildman–Crippen MR) is 17.5 cm³/mol. The number of rotatable bonds is 0. The summed E-state index contributed by atoms with van der Waals surface area (Å²) in [6, 6.07) is 0. The molecule has 0 spiro atoms. The summed E-state index contributed by atoms with van der Waals surface area (Å²) in [4.78, 5) is 9.63. The Morgan fingerprint density at radius 3 is 1.40 bits per heavy atom. The van der Waals surface area contributed by atoms with Crippen molar-refractivity contribution >= 4 is 9.04 Å². The van der Waals surface area contributed by atoms with E-state index in [1.807, 2.05) is 0 Å². The summed E-state index contributed by atoms with van der Waals surface area (Å²) >= 11 is 0. The Hall–Kier alpha value is 0.774. The molecule has 0 amide bonds. The number of hydrogen-bond acceptors (Lipinski definition) is 1. The maximum atomic E-state index is 9.63. The summed E-state index contributed by atoms with van der Waals surface area (Å²) < 4.78 is 0. The summed E-state index contributed by atoms with van der Waals surface area (Å²) in [6.45, 7) is 3.43. The van der Waals surface area contributed by atoms with Gasteiger partial charge in [-0.05, 0) is 0 Å². The second-order valence-corrected chi connectivity index (χ2v) is 2.72. The van der Waals surface area contributed by atoms with Crippen LogP contribution < -0.4 is 23.7 Å². The average Bonchev–Trinajstić information content (AvgIpc) is 0.811. The van der Waals surface area contributed by atoms with Crippen molar-refractivity contribution in [1.29, 1.82) is 0 Å². The maximum absolute atomic E-state index is 9.63. The first-order valence-corrected chi connectivity index (χ1v) is 3.61. The molecule has 25 valence electrons. The zero-order valence-corrected chi connectivity index (χ0v) is 4.91. The second kappa shape index (κ2) is 4.77. The summed E-state index contributed by atoms with van der Waals surface area (Å²) in [5, 5.41) is 0. The molecule has 0 aromatic heterocycles. The van der Waals surface area contributed by atoms with Crippen LogP contribution in [0.25, 0.3) is 0 Å².